The predicted molar refractivity (Wildman–Crippen MR) is 52.3 cm³/mol. The molecule has 0 aromatic rings. The van der Waals surface area contributed by atoms with E-state index in [1.807, 2.05) is 0 Å². The molecule has 0 spiro atoms. The molecule has 0 atom stereocenters. The van der Waals surface area contributed by atoms with Gasteiger partial charge in [0.25, 0.3) is 0 Å². The Morgan fingerprint density at radius 3 is 1.36 bits per heavy atom. The van der Waals surface area contributed by atoms with Gasteiger partial charge in [0, 0.05) is 0 Å². The largest absolute Gasteiger partial charge is 1.00 e. The molecule has 0 bridgehead atoms. The van der Waals surface area contributed by atoms with E-state index < -0.39 is 0 Å². The Morgan fingerprint density at radius 2 is 1.07 bits per heavy atom. The molecule has 0 N–H and O–H groups in total. The van der Waals surface area contributed by atoms with Crippen LogP contribution in [-0.2, 0) is 0 Å². The maximum atomic E-state index is 2.21. The molecule has 0 aliphatic heterocycles. The van der Waals surface area contributed by atoms with Gasteiger partial charge in [-0.2, -0.15) is 0 Å². The number of allylic oxidation sites excluding steroid dienone is 8. The van der Waals surface area contributed by atoms with Gasteiger partial charge in [-0.15, -0.1) is 24.3 Å². The minimum Gasteiger partial charge on any atom is -0.271 e. The van der Waals surface area contributed by atoms with E-state index in [1.54, 1.807) is 0 Å². The standard InChI is InChI=1S/C12H12.2K/c1-3-7-11(8-4-1)12-9-5-2-6-10-12;;/h1-7,9H,8,10H2;;/q-2;2*+1. The SMILES string of the molecule is C1=CC[C-]([C-]2C=CC=CC2)C=C1.[K+].[K+]. The normalized spacial score (nSPS) is 17.7. The summed E-state index contributed by atoms with van der Waals surface area (Å²) < 4.78 is 0. The van der Waals surface area contributed by atoms with E-state index in [-0.39, 0.29) is 103 Å². The molecule has 0 heterocycles. The van der Waals surface area contributed by atoms with Crippen LogP contribution in [0.4, 0.5) is 0 Å². The molecule has 0 saturated heterocycles. The summed E-state index contributed by atoms with van der Waals surface area (Å²) in [5, 5.41) is 0. The summed E-state index contributed by atoms with van der Waals surface area (Å²) in [7, 11) is 0. The average Bonchev–Trinajstić information content (AvgIpc) is 2.21. The first kappa shape index (κ1) is 16.0. The van der Waals surface area contributed by atoms with Crippen molar-refractivity contribution in [2.45, 2.75) is 12.8 Å². The van der Waals surface area contributed by atoms with Crippen molar-refractivity contribution in [3.05, 3.63) is 60.4 Å². The monoisotopic (exact) mass is 234 g/mol. The topological polar surface area (TPSA) is 0 Å². The molecule has 14 heavy (non-hydrogen) atoms. The fourth-order valence-electron chi connectivity index (χ4n) is 1.50. The Hall–Kier alpha value is 1.97. The molecule has 2 aliphatic rings. The first-order chi connectivity index (χ1) is 5.97. The maximum Gasteiger partial charge on any atom is 1.00 e. The van der Waals surface area contributed by atoms with Gasteiger partial charge in [0.15, 0.2) is 0 Å². The molecule has 0 fully saturated rings. The van der Waals surface area contributed by atoms with E-state index in [9.17, 15) is 0 Å². The molecule has 0 aromatic heterocycles. The molecule has 62 valence electrons. The van der Waals surface area contributed by atoms with E-state index in [2.05, 4.69) is 48.6 Å². The molecule has 0 saturated carbocycles. The summed E-state index contributed by atoms with van der Waals surface area (Å²) in [6, 6.07) is 0. The van der Waals surface area contributed by atoms with Crippen LogP contribution >= 0.6 is 0 Å². The van der Waals surface area contributed by atoms with Gasteiger partial charge >= 0.3 is 103 Å². The molecule has 2 heteroatoms. The van der Waals surface area contributed by atoms with Crippen molar-refractivity contribution < 1.29 is 103 Å². The molecule has 0 unspecified atom stereocenters. The van der Waals surface area contributed by atoms with Crippen molar-refractivity contribution in [1.29, 1.82) is 0 Å². The molecule has 2 aliphatic carbocycles. The summed E-state index contributed by atoms with van der Waals surface area (Å²) in [6.07, 6.45) is 19.4. The van der Waals surface area contributed by atoms with Crippen molar-refractivity contribution in [1.82, 2.24) is 0 Å². The molecule has 0 aromatic carbocycles. The van der Waals surface area contributed by atoms with Crippen molar-refractivity contribution >= 4 is 0 Å². The van der Waals surface area contributed by atoms with Crippen LogP contribution in [0.25, 0.3) is 0 Å². The maximum absolute atomic E-state index is 2.21. The minimum atomic E-state index is 0. The zero-order valence-electron chi connectivity index (χ0n) is 9.03. The predicted octanol–water partition coefficient (Wildman–Crippen LogP) is -2.82. The average molecular weight is 234 g/mol. The second-order valence-corrected chi connectivity index (χ2v) is 3.03. The third-order valence-electron chi connectivity index (χ3n) is 2.18. The Labute approximate surface area is 172 Å². The third-order valence-corrected chi connectivity index (χ3v) is 2.18. The molecule has 0 radical (unpaired) electrons. The van der Waals surface area contributed by atoms with E-state index >= 15 is 0 Å². The van der Waals surface area contributed by atoms with Crippen LogP contribution in [0.5, 0.6) is 0 Å². The first-order valence-electron chi connectivity index (χ1n) is 4.35. The number of rotatable bonds is 1. The van der Waals surface area contributed by atoms with Crippen molar-refractivity contribution in [2.24, 2.45) is 0 Å². The Kier molecular flexibility index (Phi) is 10.3. The fourth-order valence-corrected chi connectivity index (χ4v) is 1.50. The Bertz CT molecular complexity index is 233. The van der Waals surface area contributed by atoms with Crippen molar-refractivity contribution in [3.8, 4) is 0 Å². The summed E-state index contributed by atoms with van der Waals surface area (Å²) in [5.74, 6) is 2.91. The van der Waals surface area contributed by atoms with Crippen LogP contribution in [0.2, 0.25) is 0 Å². The Balaban J connectivity index is 0.000000845. The van der Waals surface area contributed by atoms with Crippen LogP contribution in [-0.4, -0.2) is 0 Å². The van der Waals surface area contributed by atoms with Crippen LogP contribution < -0.4 is 103 Å². The summed E-state index contributed by atoms with van der Waals surface area (Å²) >= 11 is 0. The molecule has 2 rings (SSSR count). The van der Waals surface area contributed by atoms with Gasteiger partial charge in [-0.1, -0.05) is 12.8 Å². The quantitative estimate of drug-likeness (QED) is 0.339. The molecular formula is C12H12K2. The van der Waals surface area contributed by atoms with Gasteiger partial charge in [-0.3, -0.25) is 11.8 Å². The minimum absolute atomic E-state index is 0. The number of hydrogen-bond acceptors (Lipinski definition) is 0. The van der Waals surface area contributed by atoms with E-state index in [0.717, 1.165) is 12.8 Å². The molecular weight excluding hydrogens is 222 g/mol. The fraction of sp³-hybridized carbons (Fsp3) is 0.167. The van der Waals surface area contributed by atoms with Gasteiger partial charge in [-0.25, -0.2) is 24.3 Å². The van der Waals surface area contributed by atoms with E-state index in [0.29, 0.717) is 0 Å². The zero-order valence-corrected chi connectivity index (χ0v) is 15.3. The smallest absolute Gasteiger partial charge is 0.271 e. The van der Waals surface area contributed by atoms with Crippen LogP contribution in [0.1, 0.15) is 12.8 Å². The second kappa shape index (κ2) is 9.05. The van der Waals surface area contributed by atoms with Crippen LogP contribution in [0, 0.1) is 11.8 Å². The van der Waals surface area contributed by atoms with Gasteiger partial charge in [0.1, 0.15) is 0 Å². The summed E-state index contributed by atoms with van der Waals surface area (Å²) in [6.45, 7) is 0. The van der Waals surface area contributed by atoms with Gasteiger partial charge in [-0.05, 0) is 0 Å². The molecule has 0 amide bonds. The Morgan fingerprint density at radius 1 is 0.643 bits per heavy atom. The van der Waals surface area contributed by atoms with Crippen molar-refractivity contribution in [3.63, 3.8) is 0 Å². The summed E-state index contributed by atoms with van der Waals surface area (Å²) in [5.41, 5.74) is 0. The summed E-state index contributed by atoms with van der Waals surface area (Å²) in [4.78, 5) is 0. The number of hydrogen-bond donors (Lipinski definition) is 0. The first-order valence-corrected chi connectivity index (χ1v) is 4.35. The van der Waals surface area contributed by atoms with Gasteiger partial charge in [0.05, 0.1) is 0 Å². The zero-order chi connectivity index (χ0) is 8.23. The van der Waals surface area contributed by atoms with Crippen molar-refractivity contribution in [2.75, 3.05) is 0 Å². The van der Waals surface area contributed by atoms with Crippen LogP contribution in [0.15, 0.2) is 48.6 Å². The molecule has 0 nitrogen and oxygen atoms in total. The third kappa shape index (κ3) is 4.87. The second-order valence-electron chi connectivity index (χ2n) is 3.03. The van der Waals surface area contributed by atoms with Crippen LogP contribution in [0.3, 0.4) is 0 Å². The van der Waals surface area contributed by atoms with E-state index in [1.165, 1.54) is 11.8 Å². The van der Waals surface area contributed by atoms with Gasteiger partial charge < -0.3 is 0 Å². The van der Waals surface area contributed by atoms with E-state index in [4.69, 9.17) is 0 Å². The van der Waals surface area contributed by atoms with Gasteiger partial charge in [0.2, 0.25) is 0 Å².